The molecule has 0 atom stereocenters. The third-order valence-electron chi connectivity index (χ3n) is 4.73. The Morgan fingerprint density at radius 1 is 1.22 bits per heavy atom. The summed E-state index contributed by atoms with van der Waals surface area (Å²) in [5, 5.41) is 30.3. The molecule has 32 heavy (non-hydrogen) atoms. The van der Waals surface area contributed by atoms with Crippen LogP contribution >= 0.6 is 23.6 Å². The second-order valence-electron chi connectivity index (χ2n) is 6.76. The zero-order valence-electron chi connectivity index (χ0n) is 17.0. The lowest BCUT2D eigenvalue weighted by molar-refractivity contribution is -0.385. The average Bonchev–Trinajstić information content (AvgIpc) is 3.34. The number of hydrogen-bond donors (Lipinski definition) is 2. The molecule has 0 radical (unpaired) electrons. The standard InChI is InChI=1S/C20H17N7O3S2/c1-3-16-23-24-20-26(16)25-18(32-20)12-7-9-13(10-8-12)21-19(31)22-17(28)14-5-4-6-15(11(14)2)27(29)30/h4-10H,3H2,1-2H3,(H2,21,22,28,31). The lowest BCUT2D eigenvalue weighted by atomic mass is 10.1. The molecule has 10 nitrogen and oxygen atoms in total. The first-order valence-electron chi connectivity index (χ1n) is 9.55. The molecular formula is C20H17N7O3S2. The molecule has 2 N–H and O–H groups in total. The minimum Gasteiger partial charge on any atom is -0.332 e. The van der Waals surface area contributed by atoms with Gasteiger partial charge in [0, 0.05) is 34.9 Å². The number of rotatable bonds is 5. The highest BCUT2D eigenvalue weighted by molar-refractivity contribution is 7.80. The molecule has 0 aliphatic carbocycles. The number of thiocarbonyl (C=S) groups is 1. The number of hydrogen-bond acceptors (Lipinski definition) is 8. The zero-order valence-corrected chi connectivity index (χ0v) is 18.7. The van der Waals surface area contributed by atoms with Crippen LogP contribution in [-0.2, 0) is 6.42 Å². The Kier molecular flexibility index (Phi) is 5.88. The Bertz CT molecular complexity index is 1350. The predicted molar refractivity (Wildman–Crippen MR) is 125 cm³/mol. The van der Waals surface area contributed by atoms with Crippen LogP contribution in [0.4, 0.5) is 11.4 Å². The first-order chi connectivity index (χ1) is 15.4. The average molecular weight is 468 g/mol. The Morgan fingerprint density at radius 3 is 2.66 bits per heavy atom. The van der Waals surface area contributed by atoms with Crippen LogP contribution in [0.15, 0.2) is 42.5 Å². The maximum atomic E-state index is 12.5. The fourth-order valence-corrected chi connectivity index (χ4v) is 4.16. The number of nitro benzene ring substituents is 1. The van der Waals surface area contributed by atoms with Crippen molar-refractivity contribution in [3.05, 3.63) is 69.5 Å². The molecule has 12 heteroatoms. The van der Waals surface area contributed by atoms with Gasteiger partial charge >= 0.3 is 0 Å². The largest absolute Gasteiger partial charge is 0.332 e. The summed E-state index contributed by atoms with van der Waals surface area (Å²) in [6.07, 6.45) is 0.742. The van der Waals surface area contributed by atoms with E-state index in [-0.39, 0.29) is 21.9 Å². The number of amides is 1. The Morgan fingerprint density at radius 2 is 1.97 bits per heavy atom. The summed E-state index contributed by atoms with van der Waals surface area (Å²) in [7, 11) is 0. The summed E-state index contributed by atoms with van der Waals surface area (Å²) >= 11 is 6.66. The van der Waals surface area contributed by atoms with Gasteiger partial charge in [0.2, 0.25) is 4.96 Å². The Labute approximate surface area is 191 Å². The highest BCUT2D eigenvalue weighted by Crippen LogP contribution is 2.27. The molecule has 2 heterocycles. The highest BCUT2D eigenvalue weighted by Gasteiger charge is 2.18. The number of carbonyl (C=O) groups excluding carboxylic acids is 1. The predicted octanol–water partition coefficient (Wildman–Crippen LogP) is 3.76. The zero-order chi connectivity index (χ0) is 22.8. The molecule has 0 aliphatic heterocycles. The lowest BCUT2D eigenvalue weighted by Crippen LogP contribution is -2.34. The van der Waals surface area contributed by atoms with Crippen LogP contribution in [0.3, 0.4) is 0 Å². The summed E-state index contributed by atoms with van der Waals surface area (Å²) in [5.74, 6) is 0.285. The quantitative estimate of drug-likeness (QED) is 0.258. The number of nitrogens with zero attached hydrogens (tertiary/aromatic N) is 5. The van der Waals surface area contributed by atoms with Crippen molar-refractivity contribution in [3.8, 4) is 10.6 Å². The van der Waals surface area contributed by atoms with E-state index in [9.17, 15) is 14.9 Å². The number of nitrogens with one attached hydrogen (secondary N) is 2. The summed E-state index contributed by atoms with van der Waals surface area (Å²) in [6, 6.07) is 11.7. The lowest BCUT2D eigenvalue weighted by Gasteiger charge is -2.11. The smallest absolute Gasteiger partial charge is 0.273 e. The van der Waals surface area contributed by atoms with Gasteiger partial charge in [-0.25, -0.2) is 0 Å². The number of carbonyl (C=O) groups is 1. The van der Waals surface area contributed by atoms with Crippen molar-refractivity contribution in [2.24, 2.45) is 0 Å². The van der Waals surface area contributed by atoms with E-state index in [1.54, 1.807) is 4.52 Å². The topological polar surface area (TPSA) is 127 Å². The van der Waals surface area contributed by atoms with E-state index < -0.39 is 10.8 Å². The third-order valence-corrected chi connectivity index (χ3v) is 5.89. The van der Waals surface area contributed by atoms with E-state index in [0.717, 1.165) is 27.8 Å². The van der Waals surface area contributed by atoms with Gasteiger partial charge in [-0.1, -0.05) is 24.3 Å². The van der Waals surface area contributed by atoms with E-state index in [1.165, 1.54) is 36.5 Å². The Balaban J connectivity index is 1.43. The summed E-state index contributed by atoms with van der Waals surface area (Å²) in [4.78, 5) is 23.8. The van der Waals surface area contributed by atoms with Crippen molar-refractivity contribution in [1.29, 1.82) is 0 Å². The molecule has 0 saturated heterocycles. The first kappa shape index (κ1) is 21.5. The minimum atomic E-state index is -0.524. The van der Waals surface area contributed by atoms with Gasteiger partial charge in [0.15, 0.2) is 10.9 Å². The van der Waals surface area contributed by atoms with Crippen LogP contribution in [0.1, 0.15) is 28.7 Å². The van der Waals surface area contributed by atoms with Crippen LogP contribution in [0.5, 0.6) is 0 Å². The minimum absolute atomic E-state index is 0.0834. The number of anilines is 1. The maximum absolute atomic E-state index is 12.5. The second kappa shape index (κ2) is 8.77. The van der Waals surface area contributed by atoms with Crippen LogP contribution in [0, 0.1) is 17.0 Å². The number of aromatic nitrogens is 4. The fraction of sp³-hybridized carbons (Fsp3) is 0.150. The van der Waals surface area contributed by atoms with Gasteiger partial charge in [0.05, 0.1) is 4.92 Å². The van der Waals surface area contributed by atoms with Crippen molar-refractivity contribution in [2.75, 3.05) is 5.32 Å². The van der Waals surface area contributed by atoms with Gasteiger partial charge in [0.25, 0.3) is 11.6 Å². The van der Waals surface area contributed by atoms with Crippen LogP contribution in [-0.4, -0.2) is 35.8 Å². The molecule has 162 valence electrons. The fourth-order valence-electron chi connectivity index (χ4n) is 3.09. The molecular weight excluding hydrogens is 450 g/mol. The van der Waals surface area contributed by atoms with E-state index >= 15 is 0 Å². The number of benzene rings is 2. The second-order valence-corrected chi connectivity index (χ2v) is 8.13. The van der Waals surface area contributed by atoms with Gasteiger partial charge in [-0.2, -0.15) is 9.61 Å². The molecule has 0 bridgehead atoms. The van der Waals surface area contributed by atoms with Crippen LogP contribution < -0.4 is 10.6 Å². The number of fused-ring (bicyclic) bond motifs is 1. The van der Waals surface area contributed by atoms with Gasteiger partial charge < -0.3 is 5.32 Å². The third kappa shape index (κ3) is 4.18. The van der Waals surface area contributed by atoms with Crippen molar-refractivity contribution in [3.63, 3.8) is 0 Å². The summed E-state index contributed by atoms with van der Waals surface area (Å²) < 4.78 is 1.74. The van der Waals surface area contributed by atoms with Crippen molar-refractivity contribution >= 4 is 50.9 Å². The van der Waals surface area contributed by atoms with E-state index in [1.807, 2.05) is 31.2 Å². The van der Waals surface area contributed by atoms with Gasteiger partial charge in [-0.15, -0.1) is 10.2 Å². The SMILES string of the molecule is CCc1nnc2sc(-c3ccc(NC(=S)NC(=O)c4cccc([N+](=O)[O-])c4C)cc3)nn12. The van der Waals surface area contributed by atoms with Gasteiger partial charge in [-0.3, -0.25) is 20.2 Å². The Hall–Kier alpha value is -3.77. The molecule has 0 saturated carbocycles. The molecule has 4 rings (SSSR count). The normalized spacial score (nSPS) is 10.8. The molecule has 0 unspecified atom stereocenters. The highest BCUT2D eigenvalue weighted by atomic mass is 32.1. The van der Waals surface area contributed by atoms with Crippen LogP contribution in [0.25, 0.3) is 15.5 Å². The molecule has 2 aromatic carbocycles. The molecule has 1 amide bonds. The molecule has 4 aromatic rings. The first-order valence-corrected chi connectivity index (χ1v) is 10.8. The van der Waals surface area contributed by atoms with Gasteiger partial charge in [-0.05, 0) is 49.5 Å². The summed E-state index contributed by atoms with van der Waals surface area (Å²) in [6.45, 7) is 3.52. The monoisotopic (exact) mass is 467 g/mol. The van der Waals surface area contributed by atoms with Gasteiger partial charge in [0.1, 0.15) is 5.01 Å². The van der Waals surface area contributed by atoms with E-state index in [4.69, 9.17) is 12.2 Å². The molecule has 2 aromatic heterocycles. The van der Waals surface area contributed by atoms with Crippen molar-refractivity contribution in [2.45, 2.75) is 20.3 Å². The van der Waals surface area contributed by atoms with Crippen molar-refractivity contribution in [1.82, 2.24) is 25.1 Å². The maximum Gasteiger partial charge on any atom is 0.273 e. The molecule has 0 spiro atoms. The van der Waals surface area contributed by atoms with Crippen molar-refractivity contribution < 1.29 is 9.72 Å². The molecule has 0 aliphatic rings. The number of nitro groups is 1. The van der Waals surface area contributed by atoms with E-state index in [2.05, 4.69) is 25.9 Å². The van der Waals surface area contributed by atoms with E-state index in [0.29, 0.717) is 5.69 Å². The molecule has 0 fully saturated rings. The summed E-state index contributed by atoms with van der Waals surface area (Å²) in [5.41, 5.74) is 1.93. The van der Waals surface area contributed by atoms with Crippen LogP contribution in [0.2, 0.25) is 0 Å². The number of aryl methyl sites for hydroxylation is 1.